The molecular formula is C23H24N4O4S. The highest BCUT2D eigenvalue weighted by molar-refractivity contribution is 7.20. The number of carbonyl (C=O) groups excluding carboxylic acids is 2. The van der Waals surface area contributed by atoms with Crippen molar-refractivity contribution in [3.63, 3.8) is 0 Å². The summed E-state index contributed by atoms with van der Waals surface area (Å²) < 4.78 is 10.7. The number of thiophene rings is 1. The van der Waals surface area contributed by atoms with Crippen molar-refractivity contribution in [2.75, 3.05) is 25.2 Å². The van der Waals surface area contributed by atoms with Crippen LogP contribution in [0.1, 0.15) is 39.6 Å². The number of likely N-dealkylation sites (tertiary alicyclic amines) is 1. The van der Waals surface area contributed by atoms with Crippen LogP contribution in [0.5, 0.6) is 11.5 Å². The van der Waals surface area contributed by atoms with Crippen LogP contribution in [0, 0.1) is 26.7 Å². The van der Waals surface area contributed by atoms with E-state index in [4.69, 9.17) is 9.47 Å². The molecular weight excluding hydrogens is 428 g/mol. The van der Waals surface area contributed by atoms with Crippen molar-refractivity contribution in [1.82, 2.24) is 14.9 Å². The maximum Gasteiger partial charge on any atom is 0.264 e. The number of aryl methyl sites for hydroxylation is 3. The third kappa shape index (κ3) is 3.66. The normalized spacial score (nSPS) is 15.9. The van der Waals surface area contributed by atoms with Crippen molar-refractivity contribution in [2.24, 2.45) is 5.92 Å². The zero-order chi connectivity index (χ0) is 22.4. The Hall–Kier alpha value is -3.20. The third-order valence-corrected chi connectivity index (χ3v) is 7.24. The van der Waals surface area contributed by atoms with Gasteiger partial charge in [-0.15, -0.1) is 11.3 Å². The van der Waals surface area contributed by atoms with E-state index < -0.39 is 0 Å². The van der Waals surface area contributed by atoms with Crippen molar-refractivity contribution in [1.29, 1.82) is 0 Å². The Morgan fingerprint density at radius 1 is 1.09 bits per heavy atom. The van der Waals surface area contributed by atoms with E-state index in [-0.39, 0.29) is 24.5 Å². The molecule has 2 aliphatic heterocycles. The molecule has 8 nitrogen and oxygen atoms in total. The van der Waals surface area contributed by atoms with E-state index in [1.807, 2.05) is 25.7 Å². The van der Waals surface area contributed by atoms with Gasteiger partial charge in [-0.25, -0.2) is 9.97 Å². The number of benzene rings is 1. The average molecular weight is 453 g/mol. The summed E-state index contributed by atoms with van der Waals surface area (Å²) >= 11 is 1.43. The molecule has 166 valence electrons. The number of piperidine rings is 1. The lowest BCUT2D eigenvalue weighted by molar-refractivity contribution is -0.121. The van der Waals surface area contributed by atoms with Crippen molar-refractivity contribution in [2.45, 2.75) is 33.6 Å². The van der Waals surface area contributed by atoms with Crippen LogP contribution in [0.15, 0.2) is 18.2 Å². The summed E-state index contributed by atoms with van der Waals surface area (Å²) in [5.41, 5.74) is 2.53. The zero-order valence-corrected chi connectivity index (χ0v) is 19.0. The molecule has 2 aliphatic rings. The Bertz CT molecular complexity index is 1230. The topological polar surface area (TPSA) is 93.7 Å². The fraction of sp³-hybridized carbons (Fsp3) is 0.391. The second kappa shape index (κ2) is 8.05. The number of hydrogen-bond donors (Lipinski definition) is 1. The lowest BCUT2D eigenvalue weighted by atomic mass is 9.95. The summed E-state index contributed by atoms with van der Waals surface area (Å²) in [5, 5.41) is 3.94. The van der Waals surface area contributed by atoms with Crippen LogP contribution in [-0.4, -0.2) is 46.6 Å². The van der Waals surface area contributed by atoms with Gasteiger partial charge in [-0.3, -0.25) is 9.59 Å². The first-order valence-corrected chi connectivity index (χ1v) is 11.5. The summed E-state index contributed by atoms with van der Waals surface area (Å²) in [6.07, 6.45) is 1.26. The summed E-state index contributed by atoms with van der Waals surface area (Å²) in [7, 11) is 0. The summed E-state index contributed by atoms with van der Waals surface area (Å²) in [5.74, 6) is 1.88. The molecule has 0 unspecified atom stereocenters. The molecule has 1 aromatic carbocycles. The fourth-order valence-corrected chi connectivity index (χ4v) is 5.63. The monoisotopic (exact) mass is 452 g/mol. The van der Waals surface area contributed by atoms with E-state index in [9.17, 15) is 9.59 Å². The number of nitrogens with zero attached hydrogens (tertiary/aromatic N) is 3. The van der Waals surface area contributed by atoms with E-state index in [0.29, 0.717) is 53.8 Å². The van der Waals surface area contributed by atoms with Crippen LogP contribution in [0.4, 0.5) is 5.69 Å². The van der Waals surface area contributed by atoms with Crippen LogP contribution >= 0.6 is 11.3 Å². The van der Waals surface area contributed by atoms with Gasteiger partial charge in [0, 0.05) is 41.8 Å². The largest absolute Gasteiger partial charge is 0.454 e. The molecule has 5 rings (SSSR count). The number of nitrogens with one attached hydrogen (secondary N) is 1. The number of carbonyl (C=O) groups is 2. The van der Waals surface area contributed by atoms with E-state index in [1.54, 1.807) is 18.2 Å². The predicted molar refractivity (Wildman–Crippen MR) is 121 cm³/mol. The molecule has 1 N–H and O–H groups in total. The second-order valence-corrected chi connectivity index (χ2v) is 9.22. The highest BCUT2D eigenvalue weighted by atomic mass is 32.1. The molecule has 4 heterocycles. The summed E-state index contributed by atoms with van der Waals surface area (Å²) in [6.45, 7) is 7.08. The van der Waals surface area contributed by atoms with Crippen molar-refractivity contribution in [3.8, 4) is 11.5 Å². The van der Waals surface area contributed by atoms with Crippen LogP contribution in [-0.2, 0) is 4.79 Å². The maximum atomic E-state index is 13.2. The molecule has 0 radical (unpaired) electrons. The minimum atomic E-state index is -0.135. The number of aromatic nitrogens is 2. The highest BCUT2D eigenvalue weighted by Gasteiger charge is 2.30. The molecule has 0 bridgehead atoms. The van der Waals surface area contributed by atoms with Gasteiger partial charge in [-0.2, -0.15) is 0 Å². The standard InChI is InChI=1S/C23H24N4O4S/c1-12-19-13(2)24-14(3)25-22(19)32-20(12)23(29)27-8-6-15(7-9-27)21(28)26-16-4-5-17-18(10-16)31-11-30-17/h4-5,10,15H,6-9,11H2,1-3H3,(H,26,28). The van der Waals surface area contributed by atoms with Crippen LogP contribution in [0.2, 0.25) is 0 Å². The Labute approximate surface area is 189 Å². The van der Waals surface area contributed by atoms with Gasteiger partial charge >= 0.3 is 0 Å². The molecule has 2 aromatic heterocycles. The first-order valence-electron chi connectivity index (χ1n) is 10.6. The zero-order valence-electron chi connectivity index (χ0n) is 18.2. The minimum Gasteiger partial charge on any atom is -0.454 e. The van der Waals surface area contributed by atoms with Crippen LogP contribution < -0.4 is 14.8 Å². The molecule has 0 spiro atoms. The third-order valence-electron chi connectivity index (χ3n) is 6.07. The van der Waals surface area contributed by atoms with Crippen molar-refractivity contribution < 1.29 is 19.1 Å². The average Bonchev–Trinajstić information content (AvgIpc) is 3.37. The lowest BCUT2D eigenvalue weighted by Crippen LogP contribution is -2.41. The van der Waals surface area contributed by atoms with E-state index in [1.165, 1.54) is 11.3 Å². The van der Waals surface area contributed by atoms with Crippen LogP contribution in [0.3, 0.4) is 0 Å². The molecule has 0 aliphatic carbocycles. The molecule has 0 saturated carbocycles. The van der Waals surface area contributed by atoms with Gasteiger partial charge < -0.3 is 19.7 Å². The molecule has 0 atom stereocenters. The molecule has 1 saturated heterocycles. The quantitative estimate of drug-likeness (QED) is 0.649. The summed E-state index contributed by atoms with van der Waals surface area (Å²) in [4.78, 5) is 38.3. The first-order chi connectivity index (χ1) is 15.4. The van der Waals surface area contributed by atoms with Gasteiger partial charge in [-0.05, 0) is 51.3 Å². The molecule has 1 fully saturated rings. The van der Waals surface area contributed by atoms with Gasteiger partial charge in [-0.1, -0.05) is 0 Å². The van der Waals surface area contributed by atoms with Gasteiger partial charge in [0.05, 0.1) is 4.88 Å². The highest BCUT2D eigenvalue weighted by Crippen LogP contribution is 2.35. The summed E-state index contributed by atoms with van der Waals surface area (Å²) in [6, 6.07) is 5.37. The molecule has 3 aromatic rings. The Balaban J connectivity index is 1.24. The van der Waals surface area contributed by atoms with Crippen LogP contribution in [0.25, 0.3) is 10.2 Å². The number of amides is 2. The van der Waals surface area contributed by atoms with Crippen molar-refractivity contribution in [3.05, 3.63) is 40.2 Å². The number of ether oxygens (including phenoxy) is 2. The minimum absolute atomic E-state index is 0.0113. The molecule has 32 heavy (non-hydrogen) atoms. The van der Waals surface area contributed by atoms with Gasteiger partial charge in [0.1, 0.15) is 10.7 Å². The van der Waals surface area contributed by atoms with Crippen molar-refractivity contribution >= 4 is 39.1 Å². The Kier molecular flexibility index (Phi) is 5.21. The lowest BCUT2D eigenvalue weighted by Gasteiger charge is -2.31. The second-order valence-electron chi connectivity index (χ2n) is 8.22. The van der Waals surface area contributed by atoms with Gasteiger partial charge in [0.25, 0.3) is 5.91 Å². The Morgan fingerprint density at radius 2 is 1.84 bits per heavy atom. The number of fused-ring (bicyclic) bond motifs is 2. The maximum absolute atomic E-state index is 13.2. The predicted octanol–water partition coefficient (Wildman–Crippen LogP) is 3.84. The Morgan fingerprint density at radius 3 is 2.62 bits per heavy atom. The van der Waals surface area contributed by atoms with E-state index in [0.717, 1.165) is 21.5 Å². The molecule has 2 amide bonds. The fourth-order valence-electron chi connectivity index (χ4n) is 4.38. The SMILES string of the molecule is Cc1nc(C)c2c(C)c(C(=O)N3CCC(C(=O)Nc4ccc5c(c4)OCO5)CC3)sc2n1. The number of rotatable bonds is 3. The van der Waals surface area contributed by atoms with E-state index >= 15 is 0 Å². The number of anilines is 1. The number of hydrogen-bond acceptors (Lipinski definition) is 7. The smallest absolute Gasteiger partial charge is 0.264 e. The van der Waals surface area contributed by atoms with Gasteiger partial charge in [0.15, 0.2) is 11.5 Å². The van der Waals surface area contributed by atoms with E-state index in [2.05, 4.69) is 15.3 Å². The first kappa shape index (κ1) is 20.7. The van der Waals surface area contributed by atoms with Gasteiger partial charge in [0.2, 0.25) is 12.7 Å². The molecule has 9 heteroatoms.